The van der Waals surface area contributed by atoms with Gasteiger partial charge in [-0.05, 0) is 7.05 Å². The third kappa shape index (κ3) is 7.00. The molecule has 0 atom stereocenters. The largest absolute Gasteiger partial charge is 0.473 e. The lowest BCUT2D eigenvalue weighted by Gasteiger charge is -2.21. The molecule has 0 amide bonds. The van der Waals surface area contributed by atoms with Gasteiger partial charge in [0.15, 0.2) is 0 Å². The van der Waals surface area contributed by atoms with Crippen LogP contribution < -0.4 is 0 Å². The van der Waals surface area contributed by atoms with Crippen LogP contribution in [0.1, 0.15) is 0 Å². The monoisotopic (exact) mass is 241 g/mol. The molecule has 0 aromatic heterocycles. The van der Waals surface area contributed by atoms with Crippen LogP contribution in [-0.4, -0.2) is 59.6 Å². The first kappa shape index (κ1) is 15.0. The fraction of sp³-hybridized carbons (Fsp3) is 1.00. The van der Waals surface area contributed by atoms with E-state index in [2.05, 4.69) is 25.5 Å². The van der Waals surface area contributed by atoms with E-state index in [1.807, 2.05) is 0 Å². The van der Waals surface area contributed by atoms with Crippen molar-refractivity contribution in [3.8, 4) is 0 Å². The summed E-state index contributed by atoms with van der Waals surface area (Å²) in [6.07, 6.45) is 0. The minimum atomic E-state index is -3.16. The fourth-order valence-corrected chi connectivity index (χ4v) is 1.33. The Morgan fingerprint density at radius 2 is 1.47 bits per heavy atom. The topological polar surface area (TPSA) is 57.2 Å². The van der Waals surface area contributed by atoms with Gasteiger partial charge in [0.1, 0.15) is 0 Å². The summed E-state index contributed by atoms with van der Waals surface area (Å²) < 4.78 is 28.8. The lowest BCUT2D eigenvalue weighted by atomic mass is 10.5. The molecule has 0 aromatic carbocycles. The maximum absolute atomic E-state index is 10.7. The first-order chi connectivity index (χ1) is 7.08. The third-order valence-electron chi connectivity index (χ3n) is 1.91. The molecule has 0 unspecified atom stereocenters. The molecule has 0 aromatic rings. The van der Waals surface area contributed by atoms with E-state index in [-0.39, 0.29) is 0 Å². The second-order valence-corrected chi connectivity index (χ2v) is 4.90. The molecule has 0 bridgehead atoms. The predicted octanol–water partition coefficient (Wildman–Crippen LogP) is 0.982. The third-order valence-corrected chi connectivity index (χ3v) is 3.25. The van der Waals surface area contributed by atoms with Crippen molar-refractivity contribution in [3.63, 3.8) is 0 Å². The molecule has 1 heterocycles. The Labute approximate surface area is 91.1 Å². The summed E-state index contributed by atoms with van der Waals surface area (Å²) in [4.78, 5) is 2.27. The zero-order valence-electron chi connectivity index (χ0n) is 9.76. The Morgan fingerprint density at radius 3 is 1.60 bits per heavy atom. The molecule has 0 aliphatic carbocycles. The van der Waals surface area contributed by atoms with Crippen LogP contribution in [-0.2, 0) is 22.9 Å². The Morgan fingerprint density at radius 1 is 1.07 bits per heavy atom. The van der Waals surface area contributed by atoms with Gasteiger partial charge >= 0.3 is 7.82 Å². The van der Waals surface area contributed by atoms with Gasteiger partial charge in [0.2, 0.25) is 0 Å². The summed E-state index contributed by atoms with van der Waals surface area (Å²) in [5.74, 6) is 0. The zero-order chi connectivity index (χ0) is 11.7. The van der Waals surface area contributed by atoms with E-state index in [4.69, 9.17) is 4.74 Å². The van der Waals surface area contributed by atoms with E-state index in [1.165, 1.54) is 21.3 Å². The van der Waals surface area contributed by atoms with Crippen molar-refractivity contribution < 1.29 is 22.9 Å². The van der Waals surface area contributed by atoms with Gasteiger partial charge in [-0.2, -0.15) is 0 Å². The molecular weight excluding hydrogens is 221 g/mol. The van der Waals surface area contributed by atoms with Crippen LogP contribution in [0.4, 0.5) is 0 Å². The summed E-state index contributed by atoms with van der Waals surface area (Å²) in [6.45, 7) is 4.02. The molecule has 7 heteroatoms. The highest BCUT2D eigenvalue weighted by molar-refractivity contribution is 7.48. The zero-order valence-corrected chi connectivity index (χ0v) is 10.7. The van der Waals surface area contributed by atoms with Crippen LogP contribution in [0.5, 0.6) is 0 Å². The molecule has 0 saturated carbocycles. The van der Waals surface area contributed by atoms with E-state index >= 15 is 0 Å². The number of rotatable bonds is 3. The Kier molecular flexibility index (Phi) is 8.23. The highest BCUT2D eigenvalue weighted by atomic mass is 31.2. The summed E-state index contributed by atoms with van der Waals surface area (Å²) in [7, 11) is 2.72. The number of likely N-dealkylation sites (N-methyl/N-ethyl adjacent to an activating group) is 1. The summed E-state index contributed by atoms with van der Waals surface area (Å²) in [5.41, 5.74) is 0. The first-order valence-electron chi connectivity index (χ1n) is 4.61. The van der Waals surface area contributed by atoms with Gasteiger partial charge in [-0.25, -0.2) is 4.57 Å². The van der Waals surface area contributed by atoms with E-state index < -0.39 is 7.82 Å². The molecule has 0 spiro atoms. The fourth-order valence-electron chi connectivity index (χ4n) is 0.878. The van der Waals surface area contributed by atoms with Crippen molar-refractivity contribution in [2.75, 3.05) is 54.7 Å². The van der Waals surface area contributed by atoms with Crippen molar-refractivity contribution >= 4 is 7.82 Å². The standard InChI is InChI=1S/C5H11NO.C3H9O4P/c1-6-2-4-7-5-3-6;1-5-8(4,6-2)7-3/h2-5H2,1H3;1-3H3. The lowest BCUT2D eigenvalue weighted by molar-refractivity contribution is 0.0503. The Bertz CT molecular complexity index is 176. The van der Waals surface area contributed by atoms with Crippen LogP contribution in [0.3, 0.4) is 0 Å². The van der Waals surface area contributed by atoms with Gasteiger partial charge in [-0.3, -0.25) is 13.6 Å². The van der Waals surface area contributed by atoms with Crippen molar-refractivity contribution in [2.24, 2.45) is 0 Å². The van der Waals surface area contributed by atoms with Crippen LogP contribution in [0.25, 0.3) is 0 Å². The second-order valence-electron chi connectivity index (χ2n) is 2.91. The van der Waals surface area contributed by atoms with Crippen molar-refractivity contribution in [2.45, 2.75) is 0 Å². The van der Waals surface area contributed by atoms with Crippen LogP contribution in [0, 0.1) is 0 Å². The minimum Gasteiger partial charge on any atom is -0.379 e. The average Bonchev–Trinajstić information content (AvgIpc) is 2.30. The van der Waals surface area contributed by atoms with E-state index in [1.54, 1.807) is 0 Å². The number of hydrogen-bond acceptors (Lipinski definition) is 6. The van der Waals surface area contributed by atoms with Crippen LogP contribution >= 0.6 is 7.82 Å². The van der Waals surface area contributed by atoms with E-state index in [0.717, 1.165) is 26.3 Å². The van der Waals surface area contributed by atoms with Gasteiger partial charge in [-0.15, -0.1) is 0 Å². The number of ether oxygens (including phenoxy) is 1. The smallest absolute Gasteiger partial charge is 0.379 e. The number of phosphoric acid groups is 1. The molecule has 1 rings (SSSR count). The maximum atomic E-state index is 10.7. The quantitative estimate of drug-likeness (QED) is 0.686. The van der Waals surface area contributed by atoms with Crippen molar-refractivity contribution in [1.29, 1.82) is 0 Å². The van der Waals surface area contributed by atoms with Crippen molar-refractivity contribution in [1.82, 2.24) is 4.90 Å². The predicted molar refractivity (Wildman–Crippen MR) is 56.9 cm³/mol. The highest BCUT2D eigenvalue weighted by Crippen LogP contribution is 2.46. The Balaban J connectivity index is 0.000000262. The molecular formula is C8H20NO5P. The lowest BCUT2D eigenvalue weighted by Crippen LogP contribution is -2.32. The Hall–Kier alpha value is 0.0300. The summed E-state index contributed by atoms with van der Waals surface area (Å²) in [6, 6.07) is 0. The molecule has 0 radical (unpaired) electrons. The SMILES string of the molecule is CN1CCOCC1.COP(=O)(OC)OC. The van der Waals surface area contributed by atoms with Gasteiger partial charge < -0.3 is 9.64 Å². The maximum Gasteiger partial charge on any atom is 0.473 e. The summed E-state index contributed by atoms with van der Waals surface area (Å²) >= 11 is 0. The van der Waals surface area contributed by atoms with Gasteiger partial charge in [0, 0.05) is 34.4 Å². The molecule has 1 fully saturated rings. The number of phosphoric ester groups is 1. The van der Waals surface area contributed by atoms with Gasteiger partial charge in [-0.1, -0.05) is 0 Å². The van der Waals surface area contributed by atoms with Crippen LogP contribution in [0.15, 0.2) is 0 Å². The first-order valence-corrected chi connectivity index (χ1v) is 6.07. The van der Waals surface area contributed by atoms with Crippen LogP contribution in [0.2, 0.25) is 0 Å². The number of morpholine rings is 1. The van der Waals surface area contributed by atoms with Gasteiger partial charge in [0.05, 0.1) is 13.2 Å². The molecule has 0 N–H and O–H groups in total. The van der Waals surface area contributed by atoms with E-state index in [0.29, 0.717) is 0 Å². The second kappa shape index (κ2) is 8.21. The molecule has 1 aliphatic rings. The molecule has 92 valence electrons. The average molecular weight is 241 g/mol. The molecule has 6 nitrogen and oxygen atoms in total. The van der Waals surface area contributed by atoms with E-state index in [9.17, 15) is 4.57 Å². The molecule has 1 saturated heterocycles. The number of hydrogen-bond donors (Lipinski definition) is 0. The number of nitrogens with zero attached hydrogens (tertiary/aromatic N) is 1. The molecule has 1 aliphatic heterocycles. The summed E-state index contributed by atoms with van der Waals surface area (Å²) in [5, 5.41) is 0. The van der Waals surface area contributed by atoms with Gasteiger partial charge in [0.25, 0.3) is 0 Å². The highest BCUT2D eigenvalue weighted by Gasteiger charge is 2.18. The molecule has 15 heavy (non-hydrogen) atoms. The minimum absolute atomic E-state index is 0.913. The van der Waals surface area contributed by atoms with Crippen molar-refractivity contribution in [3.05, 3.63) is 0 Å². The normalized spacial score (nSPS) is 18.1.